The first kappa shape index (κ1) is 13.2. The van der Waals surface area contributed by atoms with E-state index in [-0.39, 0.29) is 17.3 Å². The van der Waals surface area contributed by atoms with Gasteiger partial charge in [-0.15, -0.1) is 0 Å². The van der Waals surface area contributed by atoms with Gasteiger partial charge in [0.2, 0.25) is 0 Å². The maximum atomic E-state index is 11.4. The molecule has 0 saturated heterocycles. The van der Waals surface area contributed by atoms with Gasteiger partial charge in [-0.3, -0.25) is 4.79 Å². The summed E-state index contributed by atoms with van der Waals surface area (Å²) in [7, 11) is 0. The molecular weight excluding hydrogens is 252 g/mol. The molecule has 1 aliphatic carbocycles. The molecule has 1 aliphatic rings. The average molecular weight is 272 g/mol. The van der Waals surface area contributed by atoms with Crippen LogP contribution in [0.3, 0.4) is 0 Å². The number of nitrogens with zero attached hydrogens (tertiary/aromatic N) is 2. The van der Waals surface area contributed by atoms with E-state index in [2.05, 4.69) is 29.7 Å². The Morgan fingerprint density at radius 3 is 2.70 bits per heavy atom. The number of benzene rings is 1. The van der Waals surface area contributed by atoms with Gasteiger partial charge in [0.25, 0.3) is 0 Å². The quantitative estimate of drug-likeness (QED) is 0.933. The molecule has 1 N–H and O–H groups in total. The van der Waals surface area contributed by atoms with Gasteiger partial charge in [-0.05, 0) is 37.0 Å². The summed E-state index contributed by atoms with van der Waals surface area (Å²) in [6.45, 7) is 8.97. The van der Waals surface area contributed by atoms with Crippen LogP contribution < -0.4 is 0 Å². The maximum Gasteiger partial charge on any atom is 0.307 e. The van der Waals surface area contributed by atoms with Crippen molar-refractivity contribution in [1.82, 2.24) is 9.55 Å². The third kappa shape index (κ3) is 1.67. The minimum atomic E-state index is -0.717. The minimum Gasteiger partial charge on any atom is -0.481 e. The standard InChI is InChI=1S/C16H20N2O2/c1-5-18-11-7-6-9(2)8-10(11)17-14(18)12-13(15(19)20)16(12,3)4/h6-8,12-13H,5H2,1-4H3,(H,19,20). The number of carbonyl (C=O) groups is 1. The predicted octanol–water partition coefficient (Wildman–Crippen LogP) is 3.19. The monoisotopic (exact) mass is 272 g/mol. The van der Waals surface area contributed by atoms with E-state index < -0.39 is 5.97 Å². The maximum absolute atomic E-state index is 11.4. The van der Waals surface area contributed by atoms with Crippen molar-refractivity contribution in [3.05, 3.63) is 29.6 Å². The summed E-state index contributed by atoms with van der Waals surface area (Å²) < 4.78 is 2.16. The van der Waals surface area contributed by atoms with Crippen LogP contribution in [-0.2, 0) is 11.3 Å². The SMILES string of the molecule is CCn1c(C2C(C(=O)O)C2(C)C)nc2cc(C)ccc21. The fourth-order valence-corrected chi connectivity index (χ4v) is 3.41. The molecule has 1 heterocycles. The van der Waals surface area contributed by atoms with E-state index in [1.807, 2.05) is 20.8 Å². The van der Waals surface area contributed by atoms with E-state index >= 15 is 0 Å². The summed E-state index contributed by atoms with van der Waals surface area (Å²) in [6, 6.07) is 6.22. The summed E-state index contributed by atoms with van der Waals surface area (Å²) in [6.07, 6.45) is 0. The van der Waals surface area contributed by atoms with Gasteiger partial charge < -0.3 is 9.67 Å². The zero-order valence-electron chi connectivity index (χ0n) is 12.3. The van der Waals surface area contributed by atoms with Crippen LogP contribution in [0.1, 0.15) is 38.1 Å². The summed E-state index contributed by atoms with van der Waals surface area (Å²) in [4.78, 5) is 16.1. The molecular formula is C16H20N2O2. The largest absolute Gasteiger partial charge is 0.481 e. The van der Waals surface area contributed by atoms with Gasteiger partial charge in [0.1, 0.15) is 5.82 Å². The van der Waals surface area contributed by atoms with Gasteiger partial charge in [-0.1, -0.05) is 19.9 Å². The number of aryl methyl sites for hydroxylation is 2. The fraction of sp³-hybridized carbons (Fsp3) is 0.500. The van der Waals surface area contributed by atoms with Crippen LogP contribution in [0.25, 0.3) is 11.0 Å². The molecule has 1 aromatic carbocycles. The first-order valence-electron chi connectivity index (χ1n) is 7.07. The number of carboxylic acid groups (broad SMARTS) is 1. The van der Waals surface area contributed by atoms with Crippen molar-refractivity contribution >= 4 is 17.0 Å². The molecule has 106 valence electrons. The Balaban J connectivity index is 2.15. The molecule has 2 unspecified atom stereocenters. The van der Waals surface area contributed by atoms with Gasteiger partial charge in [0.15, 0.2) is 0 Å². The number of hydrogen-bond donors (Lipinski definition) is 1. The van der Waals surface area contributed by atoms with E-state index in [4.69, 9.17) is 4.98 Å². The number of aromatic nitrogens is 2. The Kier molecular flexibility index (Phi) is 2.68. The van der Waals surface area contributed by atoms with Crippen LogP contribution >= 0.6 is 0 Å². The van der Waals surface area contributed by atoms with Crippen molar-refractivity contribution in [2.75, 3.05) is 0 Å². The predicted molar refractivity (Wildman–Crippen MR) is 77.8 cm³/mol. The molecule has 0 amide bonds. The highest BCUT2D eigenvalue weighted by atomic mass is 16.4. The third-order valence-corrected chi connectivity index (χ3v) is 4.62. The van der Waals surface area contributed by atoms with Crippen LogP contribution in [0.5, 0.6) is 0 Å². The molecule has 2 aromatic rings. The molecule has 1 fully saturated rings. The summed E-state index contributed by atoms with van der Waals surface area (Å²) >= 11 is 0. The summed E-state index contributed by atoms with van der Waals surface area (Å²) in [5, 5.41) is 9.37. The number of imidazole rings is 1. The van der Waals surface area contributed by atoms with Crippen molar-refractivity contribution in [2.45, 2.75) is 40.2 Å². The second kappa shape index (κ2) is 4.08. The van der Waals surface area contributed by atoms with Crippen molar-refractivity contribution in [3.8, 4) is 0 Å². The lowest BCUT2D eigenvalue weighted by Crippen LogP contribution is -2.04. The van der Waals surface area contributed by atoms with E-state index in [9.17, 15) is 9.90 Å². The van der Waals surface area contributed by atoms with Gasteiger partial charge in [0, 0.05) is 12.5 Å². The second-order valence-corrected chi connectivity index (χ2v) is 6.32. The topological polar surface area (TPSA) is 55.1 Å². The molecule has 4 nitrogen and oxygen atoms in total. The number of carboxylic acids is 1. The Bertz CT molecular complexity index is 700. The lowest BCUT2D eigenvalue weighted by molar-refractivity contribution is -0.139. The van der Waals surface area contributed by atoms with Crippen molar-refractivity contribution in [1.29, 1.82) is 0 Å². The zero-order valence-corrected chi connectivity index (χ0v) is 12.3. The Morgan fingerprint density at radius 2 is 2.15 bits per heavy atom. The molecule has 2 atom stereocenters. The van der Waals surface area contributed by atoms with Crippen molar-refractivity contribution in [2.24, 2.45) is 11.3 Å². The molecule has 0 aliphatic heterocycles. The Labute approximate surface area is 118 Å². The van der Waals surface area contributed by atoms with Crippen LogP contribution in [0.15, 0.2) is 18.2 Å². The second-order valence-electron chi connectivity index (χ2n) is 6.32. The van der Waals surface area contributed by atoms with Gasteiger partial charge in [-0.25, -0.2) is 4.98 Å². The first-order chi connectivity index (χ1) is 9.37. The van der Waals surface area contributed by atoms with Crippen LogP contribution in [0, 0.1) is 18.3 Å². The molecule has 4 heteroatoms. The normalized spacial score (nSPS) is 24.0. The van der Waals surface area contributed by atoms with E-state index in [0.717, 1.165) is 23.4 Å². The van der Waals surface area contributed by atoms with Crippen molar-refractivity contribution < 1.29 is 9.90 Å². The summed E-state index contributed by atoms with van der Waals surface area (Å²) in [5.74, 6) is -0.116. The molecule has 0 radical (unpaired) electrons. The van der Waals surface area contributed by atoms with Crippen LogP contribution in [0.4, 0.5) is 0 Å². The van der Waals surface area contributed by atoms with E-state index in [1.165, 1.54) is 5.56 Å². The van der Waals surface area contributed by atoms with Gasteiger partial charge >= 0.3 is 5.97 Å². The molecule has 3 rings (SSSR count). The molecule has 20 heavy (non-hydrogen) atoms. The lowest BCUT2D eigenvalue weighted by atomic mass is 10.1. The highest BCUT2D eigenvalue weighted by Crippen LogP contribution is 2.64. The third-order valence-electron chi connectivity index (χ3n) is 4.62. The van der Waals surface area contributed by atoms with E-state index in [1.54, 1.807) is 0 Å². The fourth-order valence-electron chi connectivity index (χ4n) is 3.41. The highest BCUT2D eigenvalue weighted by molar-refractivity contribution is 5.80. The molecule has 0 spiro atoms. The van der Waals surface area contributed by atoms with Gasteiger partial charge in [-0.2, -0.15) is 0 Å². The molecule has 0 bridgehead atoms. The Hall–Kier alpha value is -1.84. The van der Waals surface area contributed by atoms with Crippen LogP contribution in [0.2, 0.25) is 0 Å². The Morgan fingerprint density at radius 1 is 1.45 bits per heavy atom. The zero-order chi connectivity index (χ0) is 14.7. The van der Waals surface area contributed by atoms with Crippen LogP contribution in [-0.4, -0.2) is 20.6 Å². The summed E-state index contributed by atoms with van der Waals surface area (Å²) in [5.41, 5.74) is 3.03. The van der Waals surface area contributed by atoms with Crippen molar-refractivity contribution in [3.63, 3.8) is 0 Å². The molecule has 1 aromatic heterocycles. The smallest absolute Gasteiger partial charge is 0.307 e. The number of fused-ring (bicyclic) bond motifs is 1. The lowest BCUT2D eigenvalue weighted by Gasteiger charge is -2.06. The average Bonchev–Trinajstić information content (AvgIpc) is 2.77. The highest BCUT2D eigenvalue weighted by Gasteiger charge is 2.64. The number of aliphatic carboxylic acids is 1. The molecule has 1 saturated carbocycles. The number of rotatable bonds is 3. The first-order valence-corrected chi connectivity index (χ1v) is 7.07. The van der Waals surface area contributed by atoms with Gasteiger partial charge in [0.05, 0.1) is 17.0 Å². The number of hydrogen-bond acceptors (Lipinski definition) is 2. The minimum absolute atomic E-state index is 0.00709. The van der Waals surface area contributed by atoms with E-state index in [0.29, 0.717) is 0 Å².